The van der Waals surface area contributed by atoms with Gasteiger partial charge in [-0.3, -0.25) is 10.3 Å². The van der Waals surface area contributed by atoms with Gasteiger partial charge < -0.3 is 0 Å². The standard InChI is InChI=1S/C21H36N2/c1-15-6-10-20(11-7-15)18-5-4-17(3)14-19(18)22-21(23-20)12-8-16(2)9-13-21/h15-18,23H,4-14H2,1-3H3. The molecule has 1 aliphatic heterocycles. The highest BCUT2D eigenvalue weighted by Gasteiger charge is 2.52. The number of fused-ring (bicyclic) bond motifs is 2. The van der Waals surface area contributed by atoms with E-state index in [9.17, 15) is 0 Å². The maximum atomic E-state index is 5.45. The van der Waals surface area contributed by atoms with Gasteiger partial charge in [0.15, 0.2) is 0 Å². The molecule has 0 amide bonds. The van der Waals surface area contributed by atoms with Crippen molar-refractivity contribution in [2.45, 2.75) is 103 Å². The van der Waals surface area contributed by atoms with Gasteiger partial charge in [-0.2, -0.15) is 0 Å². The fourth-order valence-corrected chi connectivity index (χ4v) is 6.02. The first-order chi connectivity index (χ1) is 11.0. The minimum absolute atomic E-state index is 0.107. The van der Waals surface area contributed by atoms with E-state index in [2.05, 4.69) is 26.1 Å². The number of rotatable bonds is 0. The van der Waals surface area contributed by atoms with E-state index in [0.717, 1.165) is 23.7 Å². The van der Waals surface area contributed by atoms with Crippen molar-refractivity contribution in [3.05, 3.63) is 0 Å². The summed E-state index contributed by atoms with van der Waals surface area (Å²) in [5.74, 6) is 3.42. The highest BCUT2D eigenvalue weighted by Crippen LogP contribution is 2.49. The zero-order chi connectivity index (χ0) is 16.1. The quantitative estimate of drug-likeness (QED) is 0.642. The molecule has 3 saturated carbocycles. The molecule has 3 aliphatic carbocycles. The maximum Gasteiger partial charge on any atom is 0.111 e. The van der Waals surface area contributed by atoms with Crippen LogP contribution < -0.4 is 5.32 Å². The van der Waals surface area contributed by atoms with Crippen LogP contribution >= 0.6 is 0 Å². The van der Waals surface area contributed by atoms with Gasteiger partial charge in [-0.1, -0.05) is 20.8 Å². The summed E-state index contributed by atoms with van der Waals surface area (Å²) < 4.78 is 0. The Balaban J connectivity index is 1.66. The molecule has 2 heteroatoms. The second-order valence-corrected chi connectivity index (χ2v) is 9.72. The van der Waals surface area contributed by atoms with Gasteiger partial charge in [-0.25, -0.2) is 0 Å². The van der Waals surface area contributed by atoms with Crippen molar-refractivity contribution < 1.29 is 0 Å². The smallest absolute Gasteiger partial charge is 0.111 e. The SMILES string of the molecule is CC1CCC2(CC1)N=C1CC(C)CCC1C1(CCC(C)CC1)N2. The molecule has 2 unspecified atom stereocenters. The molecule has 2 spiro atoms. The van der Waals surface area contributed by atoms with Gasteiger partial charge in [-0.05, 0) is 88.4 Å². The summed E-state index contributed by atoms with van der Waals surface area (Å²) in [6.45, 7) is 7.31. The minimum Gasteiger partial charge on any atom is -0.287 e. The van der Waals surface area contributed by atoms with Crippen molar-refractivity contribution in [3.63, 3.8) is 0 Å². The van der Waals surface area contributed by atoms with Crippen molar-refractivity contribution in [3.8, 4) is 0 Å². The van der Waals surface area contributed by atoms with Crippen LogP contribution in [-0.4, -0.2) is 16.9 Å². The molecular formula is C21H36N2. The molecule has 1 heterocycles. The van der Waals surface area contributed by atoms with Crippen LogP contribution in [0.2, 0.25) is 0 Å². The average Bonchev–Trinajstić information content (AvgIpc) is 2.53. The molecule has 0 radical (unpaired) electrons. The number of hydrogen-bond acceptors (Lipinski definition) is 2. The monoisotopic (exact) mass is 316 g/mol. The molecule has 0 aromatic heterocycles. The zero-order valence-corrected chi connectivity index (χ0v) is 15.5. The topological polar surface area (TPSA) is 24.4 Å². The van der Waals surface area contributed by atoms with E-state index in [1.54, 1.807) is 5.71 Å². The Kier molecular flexibility index (Phi) is 4.11. The molecule has 0 aromatic rings. The summed E-state index contributed by atoms with van der Waals surface area (Å²) in [6.07, 6.45) is 14.9. The van der Waals surface area contributed by atoms with Gasteiger partial charge in [0.1, 0.15) is 5.66 Å². The highest BCUT2D eigenvalue weighted by atomic mass is 15.2. The van der Waals surface area contributed by atoms with Crippen LogP contribution in [0.15, 0.2) is 4.99 Å². The van der Waals surface area contributed by atoms with Crippen molar-refractivity contribution >= 4 is 5.71 Å². The van der Waals surface area contributed by atoms with Gasteiger partial charge in [-0.15, -0.1) is 0 Å². The first kappa shape index (κ1) is 16.1. The van der Waals surface area contributed by atoms with Gasteiger partial charge >= 0.3 is 0 Å². The first-order valence-electron chi connectivity index (χ1n) is 10.4. The molecule has 0 aromatic carbocycles. The van der Waals surface area contributed by atoms with E-state index in [4.69, 9.17) is 4.99 Å². The van der Waals surface area contributed by atoms with Crippen molar-refractivity contribution in [2.24, 2.45) is 28.7 Å². The Morgan fingerprint density at radius 3 is 2.04 bits per heavy atom. The third-order valence-electron chi connectivity index (χ3n) is 7.68. The van der Waals surface area contributed by atoms with Crippen molar-refractivity contribution in [2.75, 3.05) is 0 Å². The summed E-state index contributed by atoms with van der Waals surface area (Å²) in [7, 11) is 0. The largest absolute Gasteiger partial charge is 0.287 e. The summed E-state index contributed by atoms with van der Waals surface area (Å²) in [6, 6.07) is 0. The Hall–Kier alpha value is -0.370. The third kappa shape index (κ3) is 2.90. The van der Waals surface area contributed by atoms with Crippen LogP contribution in [0.4, 0.5) is 0 Å². The molecule has 130 valence electrons. The lowest BCUT2D eigenvalue weighted by atomic mass is 9.61. The van der Waals surface area contributed by atoms with E-state index in [-0.39, 0.29) is 5.66 Å². The van der Waals surface area contributed by atoms with Gasteiger partial charge in [0, 0.05) is 17.2 Å². The molecule has 4 aliphatic rings. The van der Waals surface area contributed by atoms with E-state index >= 15 is 0 Å². The predicted octanol–water partition coefficient (Wildman–Crippen LogP) is 5.32. The van der Waals surface area contributed by atoms with Gasteiger partial charge in [0.25, 0.3) is 0 Å². The highest BCUT2D eigenvalue weighted by molar-refractivity contribution is 5.90. The lowest BCUT2D eigenvalue weighted by molar-refractivity contribution is 0.0536. The van der Waals surface area contributed by atoms with Crippen molar-refractivity contribution in [1.29, 1.82) is 0 Å². The third-order valence-corrected chi connectivity index (χ3v) is 7.68. The fraction of sp³-hybridized carbons (Fsp3) is 0.952. The molecular weight excluding hydrogens is 280 g/mol. The maximum absolute atomic E-state index is 5.45. The molecule has 1 N–H and O–H groups in total. The molecule has 0 saturated heterocycles. The van der Waals surface area contributed by atoms with E-state index in [0.29, 0.717) is 5.54 Å². The molecule has 2 atom stereocenters. The predicted molar refractivity (Wildman–Crippen MR) is 97.8 cm³/mol. The zero-order valence-electron chi connectivity index (χ0n) is 15.5. The molecule has 23 heavy (non-hydrogen) atoms. The molecule has 2 nitrogen and oxygen atoms in total. The number of nitrogens with zero attached hydrogens (tertiary/aromatic N) is 1. The summed E-state index contributed by atoms with van der Waals surface area (Å²) in [5, 5.41) is 4.25. The lowest BCUT2D eigenvalue weighted by Crippen LogP contribution is -2.68. The van der Waals surface area contributed by atoms with Gasteiger partial charge in [0.05, 0.1) is 0 Å². The van der Waals surface area contributed by atoms with E-state index < -0.39 is 0 Å². The Labute approximate surface area is 142 Å². The second kappa shape index (κ2) is 5.86. The second-order valence-electron chi connectivity index (χ2n) is 9.72. The summed E-state index contributed by atoms with van der Waals surface area (Å²) in [4.78, 5) is 5.45. The van der Waals surface area contributed by atoms with Crippen LogP contribution in [-0.2, 0) is 0 Å². The average molecular weight is 317 g/mol. The Morgan fingerprint density at radius 1 is 0.783 bits per heavy atom. The Bertz CT molecular complexity index is 464. The number of nitrogens with one attached hydrogen (secondary N) is 1. The van der Waals surface area contributed by atoms with Gasteiger partial charge in [0.2, 0.25) is 0 Å². The van der Waals surface area contributed by atoms with E-state index in [1.807, 2.05) is 0 Å². The normalized spacial score (nSPS) is 50.7. The first-order valence-corrected chi connectivity index (χ1v) is 10.4. The fourth-order valence-electron chi connectivity index (χ4n) is 6.02. The summed E-state index contributed by atoms with van der Waals surface area (Å²) >= 11 is 0. The Morgan fingerprint density at radius 2 is 1.39 bits per heavy atom. The van der Waals surface area contributed by atoms with Crippen LogP contribution in [0.25, 0.3) is 0 Å². The molecule has 0 bridgehead atoms. The van der Waals surface area contributed by atoms with Crippen LogP contribution in [0.5, 0.6) is 0 Å². The lowest BCUT2D eigenvalue weighted by Gasteiger charge is -2.57. The van der Waals surface area contributed by atoms with Crippen LogP contribution in [0.3, 0.4) is 0 Å². The van der Waals surface area contributed by atoms with Crippen LogP contribution in [0.1, 0.15) is 91.4 Å². The minimum atomic E-state index is 0.107. The van der Waals surface area contributed by atoms with Crippen LogP contribution in [0, 0.1) is 23.7 Å². The summed E-state index contributed by atoms with van der Waals surface area (Å²) in [5.41, 5.74) is 2.12. The van der Waals surface area contributed by atoms with E-state index in [1.165, 1.54) is 70.6 Å². The molecule has 4 rings (SSSR count). The molecule has 3 fully saturated rings. The van der Waals surface area contributed by atoms with Crippen molar-refractivity contribution in [1.82, 2.24) is 5.32 Å². The number of hydrogen-bond donors (Lipinski definition) is 1. The number of aliphatic imine (C=N–C) groups is 1.